The highest BCUT2D eigenvalue weighted by atomic mass is 35.5. The molecule has 6 nitrogen and oxygen atoms in total. The summed E-state index contributed by atoms with van der Waals surface area (Å²) in [6.07, 6.45) is 1.49. The number of halogens is 1. The van der Waals surface area contributed by atoms with Crippen LogP contribution >= 0.6 is 11.6 Å². The van der Waals surface area contributed by atoms with E-state index in [0.717, 1.165) is 11.3 Å². The second-order valence-electron chi connectivity index (χ2n) is 5.40. The molecule has 2 aromatic rings. The minimum Gasteiger partial charge on any atom is -0.550 e. The van der Waals surface area contributed by atoms with E-state index in [-0.39, 0.29) is 24.8 Å². The highest BCUT2D eigenvalue weighted by Crippen LogP contribution is 2.33. The molecule has 0 aliphatic carbocycles. The van der Waals surface area contributed by atoms with E-state index in [1.165, 1.54) is 11.3 Å². The van der Waals surface area contributed by atoms with Crippen LogP contribution in [0.1, 0.15) is 36.6 Å². The summed E-state index contributed by atoms with van der Waals surface area (Å²) in [4.78, 5) is 22.9. The zero-order valence-corrected chi connectivity index (χ0v) is 13.4. The van der Waals surface area contributed by atoms with Gasteiger partial charge in [0.05, 0.1) is 12.0 Å². The van der Waals surface area contributed by atoms with Crippen molar-refractivity contribution in [1.82, 2.24) is 5.01 Å². The molecule has 7 heteroatoms. The third-order valence-electron chi connectivity index (χ3n) is 3.76. The molecule has 1 aliphatic heterocycles. The normalized spacial score (nSPS) is 17.0. The first-order valence-corrected chi connectivity index (χ1v) is 7.81. The first-order chi connectivity index (χ1) is 11.5. The molecule has 24 heavy (non-hydrogen) atoms. The molecule has 0 saturated heterocycles. The van der Waals surface area contributed by atoms with E-state index in [0.29, 0.717) is 17.2 Å². The second-order valence-corrected chi connectivity index (χ2v) is 5.84. The number of benzene rings is 1. The predicted molar refractivity (Wildman–Crippen MR) is 85.1 cm³/mol. The van der Waals surface area contributed by atoms with Gasteiger partial charge in [0.15, 0.2) is 0 Å². The van der Waals surface area contributed by atoms with Crippen molar-refractivity contribution in [3.63, 3.8) is 0 Å². The van der Waals surface area contributed by atoms with Gasteiger partial charge in [0, 0.05) is 23.8 Å². The number of furan rings is 1. The summed E-state index contributed by atoms with van der Waals surface area (Å²) < 4.78 is 5.41. The van der Waals surface area contributed by atoms with Crippen LogP contribution in [0.3, 0.4) is 0 Å². The van der Waals surface area contributed by atoms with E-state index < -0.39 is 5.97 Å². The molecule has 0 radical (unpaired) electrons. The number of carboxylic acids is 1. The lowest BCUT2D eigenvalue weighted by molar-refractivity contribution is -0.305. The number of hydrazone groups is 1. The van der Waals surface area contributed by atoms with Crippen LogP contribution in [0.25, 0.3) is 0 Å². The second kappa shape index (κ2) is 6.88. The van der Waals surface area contributed by atoms with Gasteiger partial charge in [-0.05, 0) is 36.2 Å². The van der Waals surface area contributed by atoms with Gasteiger partial charge in [-0.25, -0.2) is 5.01 Å². The van der Waals surface area contributed by atoms with Gasteiger partial charge < -0.3 is 14.3 Å². The van der Waals surface area contributed by atoms with Gasteiger partial charge in [-0.1, -0.05) is 23.7 Å². The van der Waals surface area contributed by atoms with Gasteiger partial charge in [-0.15, -0.1) is 0 Å². The zero-order valence-electron chi connectivity index (χ0n) is 12.6. The number of carbonyl (C=O) groups excluding carboxylic acids is 2. The van der Waals surface area contributed by atoms with Crippen molar-refractivity contribution >= 4 is 29.2 Å². The van der Waals surface area contributed by atoms with E-state index >= 15 is 0 Å². The first kappa shape index (κ1) is 16.3. The topological polar surface area (TPSA) is 85.9 Å². The Balaban J connectivity index is 1.86. The van der Waals surface area contributed by atoms with Crippen LogP contribution in [0, 0.1) is 0 Å². The summed E-state index contributed by atoms with van der Waals surface area (Å²) in [7, 11) is 0. The summed E-state index contributed by atoms with van der Waals surface area (Å²) in [5.41, 5.74) is 1.57. The third kappa shape index (κ3) is 3.49. The Hall–Kier alpha value is -2.60. The fourth-order valence-corrected chi connectivity index (χ4v) is 2.71. The molecule has 0 bridgehead atoms. The van der Waals surface area contributed by atoms with Crippen molar-refractivity contribution in [2.75, 3.05) is 0 Å². The van der Waals surface area contributed by atoms with Crippen LogP contribution in [-0.4, -0.2) is 22.6 Å². The smallest absolute Gasteiger partial charge is 0.243 e. The van der Waals surface area contributed by atoms with Gasteiger partial charge in [0.2, 0.25) is 5.91 Å². The minimum absolute atomic E-state index is 0.170. The Kier molecular flexibility index (Phi) is 4.66. The monoisotopic (exact) mass is 345 g/mol. The van der Waals surface area contributed by atoms with E-state index in [1.54, 1.807) is 24.3 Å². The molecule has 0 fully saturated rings. The number of hydrogen-bond acceptors (Lipinski definition) is 5. The number of amides is 1. The summed E-state index contributed by atoms with van der Waals surface area (Å²) in [6, 6.07) is 10.3. The van der Waals surface area contributed by atoms with Gasteiger partial charge in [0.25, 0.3) is 0 Å². The van der Waals surface area contributed by atoms with Gasteiger partial charge in [-0.3, -0.25) is 4.79 Å². The molecule has 0 N–H and O–H groups in total. The molecule has 1 atom stereocenters. The van der Waals surface area contributed by atoms with Crippen LogP contribution in [0.5, 0.6) is 0 Å². The van der Waals surface area contributed by atoms with E-state index in [9.17, 15) is 14.7 Å². The van der Waals surface area contributed by atoms with E-state index in [1.807, 2.05) is 12.1 Å². The van der Waals surface area contributed by atoms with Crippen LogP contribution < -0.4 is 5.11 Å². The Morgan fingerprint density at radius 1 is 1.25 bits per heavy atom. The maximum atomic E-state index is 12.4. The quantitative estimate of drug-likeness (QED) is 0.830. The molecule has 2 heterocycles. The van der Waals surface area contributed by atoms with Crippen molar-refractivity contribution in [2.45, 2.75) is 25.3 Å². The molecule has 1 aromatic carbocycles. The molecule has 0 spiro atoms. The molecule has 1 aromatic heterocycles. The summed E-state index contributed by atoms with van der Waals surface area (Å²) in [6.45, 7) is 0. The Morgan fingerprint density at radius 3 is 2.62 bits per heavy atom. The molecule has 1 amide bonds. The maximum absolute atomic E-state index is 12.4. The Morgan fingerprint density at radius 2 is 2.00 bits per heavy atom. The summed E-state index contributed by atoms with van der Waals surface area (Å²) in [5.74, 6) is -1.05. The molecule has 1 aliphatic rings. The lowest BCUT2D eigenvalue weighted by atomic mass is 10.0. The lowest BCUT2D eigenvalue weighted by Crippen LogP contribution is -2.29. The summed E-state index contributed by atoms with van der Waals surface area (Å²) in [5, 5.41) is 16.9. The number of hydrogen-bond donors (Lipinski definition) is 0. The van der Waals surface area contributed by atoms with Gasteiger partial charge in [0.1, 0.15) is 11.8 Å². The van der Waals surface area contributed by atoms with Crippen molar-refractivity contribution < 1.29 is 19.1 Å². The maximum Gasteiger partial charge on any atom is 0.243 e. The average molecular weight is 346 g/mol. The molecule has 124 valence electrons. The van der Waals surface area contributed by atoms with Gasteiger partial charge in [-0.2, -0.15) is 5.10 Å². The lowest BCUT2D eigenvalue weighted by Gasteiger charge is -2.19. The first-order valence-electron chi connectivity index (χ1n) is 7.43. The van der Waals surface area contributed by atoms with Gasteiger partial charge >= 0.3 is 0 Å². The molecular weight excluding hydrogens is 332 g/mol. The number of rotatable bonds is 5. The SMILES string of the molecule is O=C([O-])CCC(=O)N1N=C(c2ccc(Cl)cc2)C[C@@H]1c1ccco1. The fourth-order valence-electron chi connectivity index (χ4n) is 2.58. The zero-order chi connectivity index (χ0) is 17.1. The van der Waals surface area contributed by atoms with Crippen LogP contribution in [0.15, 0.2) is 52.2 Å². The minimum atomic E-state index is -1.26. The van der Waals surface area contributed by atoms with Crippen LogP contribution in [0.4, 0.5) is 0 Å². The Bertz CT molecular complexity index is 768. The Labute approximate surface area is 143 Å². The fraction of sp³-hybridized carbons (Fsp3) is 0.235. The number of carboxylic acid groups (broad SMARTS) is 1. The molecule has 0 saturated carbocycles. The number of carbonyl (C=O) groups is 2. The van der Waals surface area contributed by atoms with Crippen molar-refractivity contribution in [1.29, 1.82) is 0 Å². The van der Waals surface area contributed by atoms with Crippen molar-refractivity contribution in [2.24, 2.45) is 5.10 Å². The third-order valence-corrected chi connectivity index (χ3v) is 4.01. The van der Waals surface area contributed by atoms with Crippen molar-refractivity contribution in [3.05, 3.63) is 59.0 Å². The predicted octanol–water partition coefficient (Wildman–Crippen LogP) is 2.14. The van der Waals surface area contributed by atoms with E-state index in [2.05, 4.69) is 5.10 Å². The molecule has 3 rings (SSSR count). The van der Waals surface area contributed by atoms with Crippen LogP contribution in [-0.2, 0) is 9.59 Å². The number of nitrogens with zero attached hydrogens (tertiary/aromatic N) is 2. The van der Waals surface area contributed by atoms with E-state index in [4.69, 9.17) is 16.0 Å². The molecule has 0 unspecified atom stereocenters. The van der Waals surface area contributed by atoms with Crippen LogP contribution in [0.2, 0.25) is 5.02 Å². The molecular formula is C17H14ClN2O4-. The average Bonchev–Trinajstić information content (AvgIpc) is 3.22. The standard InChI is InChI=1S/C17H15ClN2O4/c18-12-5-3-11(4-6-12)13-10-14(15-2-1-9-24-15)20(19-13)16(21)7-8-17(22)23/h1-6,9,14H,7-8,10H2,(H,22,23)/p-1/t14-/m1/s1. The highest BCUT2D eigenvalue weighted by Gasteiger charge is 2.34. The largest absolute Gasteiger partial charge is 0.550 e. The number of aliphatic carboxylic acids is 1. The highest BCUT2D eigenvalue weighted by molar-refractivity contribution is 6.30. The summed E-state index contributed by atoms with van der Waals surface area (Å²) >= 11 is 5.90. The van der Waals surface area contributed by atoms with Crippen molar-refractivity contribution in [3.8, 4) is 0 Å².